The summed E-state index contributed by atoms with van der Waals surface area (Å²) in [6.45, 7) is 2.56. The van der Waals surface area contributed by atoms with Gasteiger partial charge in [-0.25, -0.2) is 0 Å². The van der Waals surface area contributed by atoms with Crippen LogP contribution in [-0.4, -0.2) is 22.7 Å². The number of allylic oxidation sites excluding steroid dienone is 1. The standard InChI is InChI=1S/C21H19BrN2O2/c1-15-4-3-5-17(10-15)20(25)8-6-16-7-9-21(26-2)18(11-16)13-24-14-19(22)12-23-24/h3-12,14H,13H2,1-2H3/b8-6+. The first-order valence-electron chi connectivity index (χ1n) is 8.19. The first-order chi connectivity index (χ1) is 12.5. The molecule has 0 bridgehead atoms. The highest BCUT2D eigenvalue weighted by molar-refractivity contribution is 9.10. The highest BCUT2D eigenvalue weighted by atomic mass is 79.9. The van der Waals surface area contributed by atoms with Crippen LogP contribution in [0.4, 0.5) is 0 Å². The maximum atomic E-state index is 12.3. The average Bonchev–Trinajstić information content (AvgIpc) is 3.04. The predicted octanol–water partition coefficient (Wildman–Crippen LogP) is 4.91. The fourth-order valence-corrected chi connectivity index (χ4v) is 3.02. The molecular weight excluding hydrogens is 392 g/mol. The van der Waals surface area contributed by atoms with Gasteiger partial charge in [-0.15, -0.1) is 0 Å². The number of nitrogens with zero attached hydrogens (tertiary/aromatic N) is 2. The molecule has 0 atom stereocenters. The number of aryl methyl sites for hydroxylation is 1. The van der Waals surface area contributed by atoms with Gasteiger partial charge in [-0.2, -0.15) is 5.10 Å². The van der Waals surface area contributed by atoms with Crippen molar-refractivity contribution < 1.29 is 9.53 Å². The summed E-state index contributed by atoms with van der Waals surface area (Å²) in [5, 5.41) is 4.28. The van der Waals surface area contributed by atoms with E-state index in [1.54, 1.807) is 19.4 Å². The zero-order valence-electron chi connectivity index (χ0n) is 14.6. The van der Waals surface area contributed by atoms with Crippen LogP contribution >= 0.6 is 15.9 Å². The maximum Gasteiger partial charge on any atom is 0.185 e. The third-order valence-electron chi connectivity index (χ3n) is 3.97. The van der Waals surface area contributed by atoms with Crippen LogP contribution in [0.3, 0.4) is 0 Å². The fraction of sp³-hybridized carbons (Fsp3) is 0.143. The fourth-order valence-electron chi connectivity index (χ4n) is 2.69. The first kappa shape index (κ1) is 18.1. The second-order valence-corrected chi connectivity index (χ2v) is 6.91. The van der Waals surface area contributed by atoms with Crippen molar-refractivity contribution in [3.63, 3.8) is 0 Å². The lowest BCUT2D eigenvalue weighted by Crippen LogP contribution is -2.02. The molecule has 0 fully saturated rings. The smallest absolute Gasteiger partial charge is 0.185 e. The third-order valence-corrected chi connectivity index (χ3v) is 4.38. The number of carbonyl (C=O) groups is 1. The molecule has 4 nitrogen and oxygen atoms in total. The maximum absolute atomic E-state index is 12.3. The minimum Gasteiger partial charge on any atom is -0.496 e. The summed E-state index contributed by atoms with van der Waals surface area (Å²) >= 11 is 3.40. The van der Waals surface area contributed by atoms with Gasteiger partial charge in [0, 0.05) is 17.3 Å². The van der Waals surface area contributed by atoms with Crippen LogP contribution in [0, 0.1) is 6.92 Å². The van der Waals surface area contributed by atoms with E-state index in [1.807, 2.05) is 66.3 Å². The number of rotatable bonds is 6. The van der Waals surface area contributed by atoms with Crippen molar-refractivity contribution in [2.24, 2.45) is 0 Å². The normalized spacial score (nSPS) is 11.0. The van der Waals surface area contributed by atoms with Crippen molar-refractivity contribution in [1.82, 2.24) is 9.78 Å². The Bertz CT molecular complexity index is 960. The SMILES string of the molecule is COc1ccc(/C=C/C(=O)c2cccc(C)c2)cc1Cn1cc(Br)cn1. The molecule has 5 heteroatoms. The molecule has 0 unspecified atom stereocenters. The topological polar surface area (TPSA) is 44.1 Å². The summed E-state index contributed by atoms with van der Waals surface area (Å²) in [4.78, 5) is 12.3. The van der Waals surface area contributed by atoms with E-state index < -0.39 is 0 Å². The summed E-state index contributed by atoms with van der Waals surface area (Å²) in [5.74, 6) is 0.779. The Balaban J connectivity index is 1.81. The second-order valence-electron chi connectivity index (χ2n) is 5.99. The third kappa shape index (κ3) is 4.49. The van der Waals surface area contributed by atoms with Gasteiger partial charge < -0.3 is 4.74 Å². The number of hydrogen-bond donors (Lipinski definition) is 0. The van der Waals surface area contributed by atoms with Crippen molar-refractivity contribution in [3.8, 4) is 5.75 Å². The van der Waals surface area contributed by atoms with Crippen molar-refractivity contribution in [1.29, 1.82) is 0 Å². The molecule has 132 valence electrons. The minimum absolute atomic E-state index is 0.0120. The van der Waals surface area contributed by atoms with Crippen LogP contribution in [0.2, 0.25) is 0 Å². The highest BCUT2D eigenvalue weighted by Gasteiger charge is 2.07. The molecule has 26 heavy (non-hydrogen) atoms. The molecule has 3 rings (SSSR count). The summed E-state index contributed by atoms with van der Waals surface area (Å²) in [6.07, 6.45) is 7.08. The summed E-state index contributed by atoms with van der Waals surface area (Å²) in [5.41, 5.74) is 3.69. The van der Waals surface area contributed by atoms with Crippen LogP contribution < -0.4 is 4.74 Å². The molecule has 0 spiro atoms. The number of ketones is 1. The minimum atomic E-state index is -0.0120. The van der Waals surface area contributed by atoms with Gasteiger partial charge in [-0.05, 0) is 52.7 Å². The van der Waals surface area contributed by atoms with Crippen molar-refractivity contribution in [2.45, 2.75) is 13.5 Å². The Labute approximate surface area is 161 Å². The average molecular weight is 411 g/mol. The lowest BCUT2D eigenvalue weighted by Gasteiger charge is -2.09. The zero-order valence-corrected chi connectivity index (χ0v) is 16.2. The Hall–Kier alpha value is -2.66. The quantitative estimate of drug-likeness (QED) is 0.428. The summed E-state index contributed by atoms with van der Waals surface area (Å²) in [7, 11) is 1.65. The first-order valence-corrected chi connectivity index (χ1v) is 8.98. The van der Waals surface area contributed by atoms with Crippen LogP contribution in [0.5, 0.6) is 5.75 Å². The van der Waals surface area contributed by atoms with Gasteiger partial charge in [0.1, 0.15) is 5.75 Å². The van der Waals surface area contributed by atoms with Gasteiger partial charge in [-0.3, -0.25) is 9.48 Å². The number of benzene rings is 2. The number of halogens is 1. The Morgan fingerprint density at radius 2 is 2.12 bits per heavy atom. The predicted molar refractivity (Wildman–Crippen MR) is 107 cm³/mol. The van der Waals surface area contributed by atoms with Gasteiger partial charge in [0.05, 0.1) is 24.3 Å². The van der Waals surface area contributed by atoms with E-state index in [2.05, 4.69) is 21.0 Å². The summed E-state index contributed by atoms with van der Waals surface area (Å²) in [6, 6.07) is 13.4. The number of aromatic nitrogens is 2. The molecule has 0 saturated carbocycles. The molecule has 0 N–H and O–H groups in total. The molecule has 1 heterocycles. The van der Waals surface area contributed by atoms with Crippen LogP contribution in [0.1, 0.15) is 27.0 Å². The molecule has 1 aromatic heterocycles. The number of methoxy groups -OCH3 is 1. The van der Waals surface area contributed by atoms with Crippen LogP contribution in [0.25, 0.3) is 6.08 Å². The van der Waals surface area contributed by atoms with Crippen LogP contribution in [0.15, 0.2) is 65.4 Å². The van der Waals surface area contributed by atoms with E-state index in [0.717, 1.165) is 26.9 Å². The van der Waals surface area contributed by atoms with Gasteiger partial charge in [-0.1, -0.05) is 35.9 Å². The lowest BCUT2D eigenvalue weighted by atomic mass is 10.1. The van der Waals surface area contributed by atoms with E-state index in [0.29, 0.717) is 12.1 Å². The van der Waals surface area contributed by atoms with Gasteiger partial charge in [0.15, 0.2) is 5.78 Å². The molecular formula is C21H19BrN2O2. The molecule has 3 aromatic rings. The number of hydrogen-bond acceptors (Lipinski definition) is 3. The van der Waals surface area contributed by atoms with Crippen molar-refractivity contribution >= 4 is 27.8 Å². The van der Waals surface area contributed by atoms with Gasteiger partial charge in [0.25, 0.3) is 0 Å². The van der Waals surface area contributed by atoms with E-state index in [9.17, 15) is 4.79 Å². The molecule has 0 aliphatic rings. The Kier molecular flexibility index (Phi) is 5.68. The van der Waals surface area contributed by atoms with Crippen molar-refractivity contribution in [2.75, 3.05) is 7.11 Å². The number of ether oxygens (including phenoxy) is 1. The molecule has 0 aliphatic heterocycles. The monoisotopic (exact) mass is 410 g/mol. The summed E-state index contributed by atoms with van der Waals surface area (Å²) < 4.78 is 8.20. The molecule has 0 amide bonds. The molecule has 2 aromatic carbocycles. The molecule has 0 radical (unpaired) electrons. The van der Waals surface area contributed by atoms with E-state index >= 15 is 0 Å². The lowest BCUT2D eigenvalue weighted by molar-refractivity contribution is 0.104. The highest BCUT2D eigenvalue weighted by Crippen LogP contribution is 2.22. The van der Waals surface area contributed by atoms with Crippen LogP contribution in [-0.2, 0) is 6.54 Å². The van der Waals surface area contributed by atoms with Gasteiger partial charge >= 0.3 is 0 Å². The van der Waals surface area contributed by atoms with Gasteiger partial charge in [0.2, 0.25) is 0 Å². The van der Waals surface area contributed by atoms with E-state index in [4.69, 9.17) is 4.74 Å². The largest absolute Gasteiger partial charge is 0.496 e. The number of carbonyl (C=O) groups excluding carboxylic acids is 1. The Morgan fingerprint density at radius 1 is 1.27 bits per heavy atom. The second kappa shape index (κ2) is 8.15. The Morgan fingerprint density at radius 3 is 2.81 bits per heavy atom. The van der Waals surface area contributed by atoms with E-state index in [1.165, 1.54) is 0 Å². The van der Waals surface area contributed by atoms with Crippen molar-refractivity contribution in [3.05, 3.63) is 87.7 Å². The van der Waals surface area contributed by atoms with E-state index in [-0.39, 0.29) is 5.78 Å². The zero-order chi connectivity index (χ0) is 18.5. The molecule has 0 aliphatic carbocycles. The molecule has 0 saturated heterocycles.